The molecule has 1 amide bonds. The number of amides is 1. The summed E-state index contributed by atoms with van der Waals surface area (Å²) < 4.78 is 37.5. The molecule has 0 saturated carbocycles. The van der Waals surface area contributed by atoms with E-state index in [-0.39, 0.29) is 12.3 Å². The third-order valence-corrected chi connectivity index (χ3v) is 3.67. The number of rotatable bonds is 4. The van der Waals surface area contributed by atoms with Gasteiger partial charge in [0.2, 0.25) is 5.91 Å². The average Bonchev–Trinajstić information content (AvgIpc) is 2.49. The smallest absolute Gasteiger partial charge is 0.326 e. The molecule has 0 radical (unpaired) electrons. The van der Waals surface area contributed by atoms with Gasteiger partial charge in [-0.25, -0.2) is 0 Å². The maximum Gasteiger partial charge on any atom is 0.416 e. The fourth-order valence-electron chi connectivity index (χ4n) is 2.26. The summed E-state index contributed by atoms with van der Waals surface area (Å²) >= 11 is 0. The first kappa shape index (κ1) is 17.1. The van der Waals surface area contributed by atoms with Crippen LogP contribution in [0.2, 0.25) is 0 Å². The van der Waals surface area contributed by atoms with E-state index in [0.717, 1.165) is 35.2 Å². The highest BCUT2D eigenvalue weighted by molar-refractivity contribution is 5.92. The number of halogens is 3. The Morgan fingerprint density at radius 3 is 2.30 bits per heavy atom. The lowest BCUT2D eigenvalue weighted by Gasteiger charge is -2.10. The second-order valence-corrected chi connectivity index (χ2v) is 5.41. The van der Waals surface area contributed by atoms with Gasteiger partial charge in [-0.3, -0.25) is 4.79 Å². The molecule has 2 rings (SSSR count). The Balaban J connectivity index is 2.05. The highest BCUT2D eigenvalue weighted by Crippen LogP contribution is 2.29. The second-order valence-electron chi connectivity index (χ2n) is 5.41. The van der Waals surface area contributed by atoms with Gasteiger partial charge < -0.3 is 5.32 Å². The third kappa shape index (κ3) is 4.58. The Labute approximate surface area is 133 Å². The zero-order chi connectivity index (χ0) is 17.0. The molecule has 0 unspecified atom stereocenters. The lowest BCUT2D eigenvalue weighted by atomic mass is 10.0. The van der Waals surface area contributed by atoms with Crippen LogP contribution in [0.3, 0.4) is 0 Å². The van der Waals surface area contributed by atoms with E-state index in [9.17, 15) is 18.0 Å². The van der Waals surface area contributed by atoms with Crippen LogP contribution < -0.4 is 5.32 Å². The average molecular weight is 321 g/mol. The van der Waals surface area contributed by atoms with Gasteiger partial charge in [0.25, 0.3) is 0 Å². The highest BCUT2D eigenvalue weighted by Gasteiger charge is 2.29. The number of hydrogen-bond acceptors (Lipinski definition) is 1. The van der Waals surface area contributed by atoms with E-state index < -0.39 is 11.7 Å². The molecular formula is C18H18F3NO. The number of benzene rings is 2. The van der Waals surface area contributed by atoms with Crippen LogP contribution in [0.1, 0.15) is 29.2 Å². The van der Waals surface area contributed by atoms with Gasteiger partial charge in [-0.15, -0.1) is 0 Å². The molecule has 0 bridgehead atoms. The van der Waals surface area contributed by atoms with Crippen LogP contribution in [0.4, 0.5) is 18.9 Å². The van der Waals surface area contributed by atoms with Crippen LogP contribution in [0.5, 0.6) is 0 Å². The number of alkyl halides is 3. The van der Waals surface area contributed by atoms with Gasteiger partial charge in [-0.2, -0.15) is 13.2 Å². The zero-order valence-corrected chi connectivity index (χ0v) is 13.0. The summed E-state index contributed by atoms with van der Waals surface area (Å²) in [6.07, 6.45) is -3.30. The number of carbonyl (C=O) groups excluding carboxylic acids is 1. The first-order valence-electron chi connectivity index (χ1n) is 7.35. The summed E-state index contributed by atoms with van der Waals surface area (Å²) in [5.41, 5.74) is 2.71. The number of aryl methyl sites for hydroxylation is 2. The Hall–Kier alpha value is -2.30. The molecule has 2 nitrogen and oxygen atoms in total. The molecule has 0 heterocycles. The summed E-state index contributed by atoms with van der Waals surface area (Å²) in [4.78, 5) is 12.1. The van der Waals surface area contributed by atoms with E-state index in [1.165, 1.54) is 12.1 Å². The van der Waals surface area contributed by atoms with Crippen molar-refractivity contribution in [1.82, 2.24) is 0 Å². The quantitative estimate of drug-likeness (QED) is 0.864. The van der Waals surface area contributed by atoms with Crippen molar-refractivity contribution in [3.05, 3.63) is 64.7 Å². The van der Waals surface area contributed by atoms with Gasteiger partial charge in [0.15, 0.2) is 0 Å². The van der Waals surface area contributed by atoms with Crippen molar-refractivity contribution >= 4 is 11.6 Å². The van der Waals surface area contributed by atoms with Gasteiger partial charge in [0.05, 0.1) is 12.0 Å². The Morgan fingerprint density at radius 2 is 1.74 bits per heavy atom. The van der Waals surface area contributed by atoms with Crippen LogP contribution in [0, 0.1) is 6.92 Å². The van der Waals surface area contributed by atoms with E-state index in [1.807, 2.05) is 32.0 Å². The van der Waals surface area contributed by atoms with Crippen LogP contribution in [0.25, 0.3) is 0 Å². The Bertz CT molecular complexity index is 690. The Kier molecular flexibility index (Phi) is 5.08. The first-order chi connectivity index (χ1) is 10.8. The fourth-order valence-corrected chi connectivity index (χ4v) is 2.26. The Morgan fingerprint density at radius 1 is 1.09 bits per heavy atom. The number of anilines is 1. The molecule has 0 aliphatic carbocycles. The first-order valence-corrected chi connectivity index (χ1v) is 7.35. The summed E-state index contributed by atoms with van der Waals surface area (Å²) in [6, 6.07) is 10.4. The normalized spacial score (nSPS) is 11.3. The van der Waals surface area contributed by atoms with Crippen molar-refractivity contribution in [2.75, 3.05) is 5.32 Å². The summed E-state index contributed by atoms with van der Waals surface area (Å²) in [6.45, 7) is 3.97. The van der Waals surface area contributed by atoms with Crippen molar-refractivity contribution in [3.8, 4) is 0 Å². The molecule has 0 spiro atoms. The maximum atomic E-state index is 12.5. The highest BCUT2D eigenvalue weighted by atomic mass is 19.4. The number of hydrogen-bond donors (Lipinski definition) is 1. The van der Waals surface area contributed by atoms with Crippen LogP contribution in [-0.4, -0.2) is 5.91 Å². The molecule has 0 saturated heterocycles. The molecule has 23 heavy (non-hydrogen) atoms. The van der Waals surface area contributed by atoms with E-state index in [2.05, 4.69) is 5.32 Å². The minimum atomic E-state index is -4.37. The van der Waals surface area contributed by atoms with Crippen molar-refractivity contribution in [2.24, 2.45) is 0 Å². The minimum absolute atomic E-state index is 0.195. The maximum absolute atomic E-state index is 12.5. The molecule has 0 fully saturated rings. The van der Waals surface area contributed by atoms with Crippen molar-refractivity contribution in [2.45, 2.75) is 32.9 Å². The molecule has 0 aliphatic heterocycles. The number of carbonyl (C=O) groups is 1. The van der Waals surface area contributed by atoms with Crippen molar-refractivity contribution in [1.29, 1.82) is 0 Å². The van der Waals surface area contributed by atoms with Gasteiger partial charge in [-0.1, -0.05) is 25.1 Å². The second kappa shape index (κ2) is 6.86. The number of nitrogens with one attached hydrogen (secondary N) is 1. The van der Waals surface area contributed by atoms with Crippen molar-refractivity contribution in [3.63, 3.8) is 0 Å². The molecule has 2 aromatic carbocycles. The summed E-state index contributed by atoms with van der Waals surface area (Å²) in [5, 5.41) is 2.63. The lowest BCUT2D eigenvalue weighted by Crippen LogP contribution is -2.15. The lowest BCUT2D eigenvalue weighted by molar-refractivity contribution is -0.137. The molecular weight excluding hydrogens is 303 g/mol. The van der Waals surface area contributed by atoms with Crippen LogP contribution >= 0.6 is 0 Å². The third-order valence-electron chi connectivity index (χ3n) is 3.67. The van der Waals surface area contributed by atoms with Crippen LogP contribution in [0.15, 0.2) is 42.5 Å². The van der Waals surface area contributed by atoms with E-state index in [0.29, 0.717) is 5.69 Å². The van der Waals surface area contributed by atoms with Gasteiger partial charge in [0.1, 0.15) is 0 Å². The van der Waals surface area contributed by atoms with Gasteiger partial charge in [-0.05, 0) is 54.3 Å². The van der Waals surface area contributed by atoms with Crippen LogP contribution in [-0.2, 0) is 23.8 Å². The van der Waals surface area contributed by atoms with Gasteiger partial charge >= 0.3 is 6.18 Å². The molecule has 0 aliphatic rings. The van der Waals surface area contributed by atoms with E-state index in [1.54, 1.807) is 0 Å². The molecule has 5 heteroatoms. The van der Waals surface area contributed by atoms with Gasteiger partial charge in [0, 0.05) is 5.69 Å². The summed E-state index contributed by atoms with van der Waals surface area (Å²) in [7, 11) is 0. The standard InChI is InChI=1S/C18H18F3NO/c1-3-13-5-4-12(2)14(10-13)11-17(23)22-16-8-6-15(7-9-16)18(19,20)21/h4-10H,3,11H2,1-2H3,(H,22,23). The topological polar surface area (TPSA) is 29.1 Å². The molecule has 122 valence electrons. The molecule has 1 N–H and O–H groups in total. The van der Waals surface area contributed by atoms with Crippen molar-refractivity contribution < 1.29 is 18.0 Å². The zero-order valence-electron chi connectivity index (χ0n) is 13.0. The predicted octanol–water partition coefficient (Wildman–Crippen LogP) is 4.76. The fraction of sp³-hybridized carbons (Fsp3) is 0.278. The largest absolute Gasteiger partial charge is 0.416 e. The monoisotopic (exact) mass is 321 g/mol. The molecule has 2 aromatic rings. The summed E-state index contributed by atoms with van der Waals surface area (Å²) in [5.74, 6) is -0.249. The molecule has 0 atom stereocenters. The van der Waals surface area contributed by atoms with E-state index >= 15 is 0 Å². The SMILES string of the molecule is CCc1ccc(C)c(CC(=O)Nc2ccc(C(F)(F)F)cc2)c1. The molecule has 0 aromatic heterocycles. The predicted molar refractivity (Wildman–Crippen MR) is 84.3 cm³/mol. The minimum Gasteiger partial charge on any atom is -0.326 e. The van der Waals surface area contributed by atoms with E-state index in [4.69, 9.17) is 0 Å².